The number of hydrogen-bond acceptors (Lipinski definition) is 4. The first-order valence-corrected chi connectivity index (χ1v) is 6.36. The molecular weight excluding hydrogens is 242 g/mol. The molecule has 0 saturated heterocycles. The van der Waals surface area contributed by atoms with E-state index in [1.165, 1.54) is 0 Å². The Morgan fingerprint density at radius 2 is 2.21 bits per heavy atom. The third-order valence-corrected chi connectivity index (χ3v) is 2.88. The Kier molecular flexibility index (Phi) is 4.41. The van der Waals surface area contributed by atoms with Gasteiger partial charge in [0.15, 0.2) is 0 Å². The number of ether oxygens (including phenoxy) is 1. The van der Waals surface area contributed by atoms with Crippen LogP contribution in [0, 0.1) is 0 Å². The summed E-state index contributed by atoms with van der Waals surface area (Å²) in [7, 11) is 0. The minimum atomic E-state index is -0.598. The average Bonchev–Trinajstić information content (AvgIpc) is 2.85. The van der Waals surface area contributed by atoms with Crippen LogP contribution in [0.2, 0.25) is 0 Å². The number of hydrogen-bond donors (Lipinski definition) is 2. The first-order chi connectivity index (χ1) is 9.20. The zero-order chi connectivity index (χ0) is 13.7. The third kappa shape index (κ3) is 3.48. The second kappa shape index (κ2) is 6.24. The van der Waals surface area contributed by atoms with Gasteiger partial charge in [-0.1, -0.05) is 19.1 Å². The third-order valence-electron chi connectivity index (χ3n) is 2.88. The number of nitrogens with two attached hydrogens (primary N) is 1. The highest BCUT2D eigenvalue weighted by Gasteiger charge is 2.09. The molecule has 0 amide bonds. The highest BCUT2D eigenvalue weighted by molar-refractivity contribution is 5.51. The van der Waals surface area contributed by atoms with E-state index in [1.54, 1.807) is 18.3 Å². The molecule has 1 atom stereocenters. The highest BCUT2D eigenvalue weighted by atomic mass is 16.5. The smallest absolute Gasteiger partial charge is 0.142 e. The number of anilines is 1. The van der Waals surface area contributed by atoms with Crippen molar-refractivity contribution in [1.29, 1.82) is 0 Å². The number of aromatic nitrogens is 2. The van der Waals surface area contributed by atoms with Crippen LogP contribution in [-0.4, -0.2) is 27.4 Å². The molecule has 1 aromatic carbocycles. The summed E-state index contributed by atoms with van der Waals surface area (Å²) in [6.45, 7) is 2.71. The van der Waals surface area contributed by atoms with Gasteiger partial charge in [-0.2, -0.15) is 0 Å². The molecule has 5 nitrogen and oxygen atoms in total. The van der Waals surface area contributed by atoms with Crippen LogP contribution >= 0.6 is 0 Å². The zero-order valence-corrected chi connectivity index (χ0v) is 11.0. The van der Waals surface area contributed by atoms with Crippen LogP contribution in [-0.2, 0) is 13.0 Å². The lowest BCUT2D eigenvalue weighted by Crippen LogP contribution is -2.24. The molecule has 1 heterocycles. The maximum Gasteiger partial charge on any atom is 0.142 e. The molecule has 0 saturated carbocycles. The molecule has 0 bridgehead atoms. The molecule has 0 spiro atoms. The zero-order valence-electron chi connectivity index (χ0n) is 11.0. The lowest BCUT2D eigenvalue weighted by molar-refractivity contribution is 0.0921. The van der Waals surface area contributed by atoms with Gasteiger partial charge in [0, 0.05) is 18.8 Å². The van der Waals surface area contributed by atoms with E-state index >= 15 is 0 Å². The van der Waals surface area contributed by atoms with E-state index in [0.717, 1.165) is 12.2 Å². The average molecular weight is 261 g/mol. The maximum absolute atomic E-state index is 9.98. The molecule has 2 rings (SSSR count). The van der Waals surface area contributed by atoms with Gasteiger partial charge in [-0.05, 0) is 12.1 Å². The molecular formula is C14H19N3O2. The number of para-hydroxylation sites is 2. The Morgan fingerprint density at radius 3 is 2.95 bits per heavy atom. The lowest BCUT2D eigenvalue weighted by Gasteiger charge is -2.15. The summed E-state index contributed by atoms with van der Waals surface area (Å²) >= 11 is 0. The van der Waals surface area contributed by atoms with Crippen molar-refractivity contribution in [2.45, 2.75) is 26.0 Å². The molecule has 1 unspecified atom stereocenters. The number of aliphatic hydroxyl groups is 1. The van der Waals surface area contributed by atoms with Gasteiger partial charge >= 0.3 is 0 Å². The van der Waals surface area contributed by atoms with Crippen molar-refractivity contribution in [3.63, 3.8) is 0 Å². The highest BCUT2D eigenvalue weighted by Crippen LogP contribution is 2.19. The van der Waals surface area contributed by atoms with E-state index < -0.39 is 6.10 Å². The summed E-state index contributed by atoms with van der Waals surface area (Å²) in [6, 6.07) is 7.25. The van der Waals surface area contributed by atoms with Crippen molar-refractivity contribution < 1.29 is 9.84 Å². The van der Waals surface area contributed by atoms with Crippen molar-refractivity contribution >= 4 is 5.69 Å². The SMILES string of the molecule is CCc1nccn1CC(O)COc1ccccc1N. The van der Waals surface area contributed by atoms with Crippen LogP contribution in [0.25, 0.3) is 0 Å². The Labute approximate surface area is 112 Å². The quantitative estimate of drug-likeness (QED) is 0.772. The molecule has 0 aliphatic carbocycles. The Hall–Kier alpha value is -2.01. The van der Waals surface area contributed by atoms with E-state index in [2.05, 4.69) is 4.98 Å². The fourth-order valence-corrected chi connectivity index (χ4v) is 1.90. The van der Waals surface area contributed by atoms with Gasteiger partial charge in [-0.25, -0.2) is 4.98 Å². The van der Waals surface area contributed by atoms with Crippen molar-refractivity contribution in [3.05, 3.63) is 42.5 Å². The summed E-state index contributed by atoms with van der Waals surface area (Å²) < 4.78 is 7.45. The van der Waals surface area contributed by atoms with E-state index in [1.807, 2.05) is 29.8 Å². The molecule has 0 aliphatic heterocycles. The second-order valence-electron chi connectivity index (χ2n) is 4.35. The van der Waals surface area contributed by atoms with Crippen LogP contribution in [0.15, 0.2) is 36.7 Å². The van der Waals surface area contributed by atoms with Crippen LogP contribution < -0.4 is 10.5 Å². The number of rotatable bonds is 6. The van der Waals surface area contributed by atoms with Crippen LogP contribution in [0.4, 0.5) is 5.69 Å². The molecule has 0 aliphatic rings. The van der Waals surface area contributed by atoms with E-state index in [4.69, 9.17) is 10.5 Å². The number of aryl methyl sites for hydroxylation is 1. The Bertz CT molecular complexity index is 525. The fourth-order valence-electron chi connectivity index (χ4n) is 1.90. The molecule has 3 N–H and O–H groups in total. The summed E-state index contributed by atoms with van der Waals surface area (Å²) in [5.74, 6) is 1.56. The summed E-state index contributed by atoms with van der Waals surface area (Å²) in [4.78, 5) is 4.21. The molecule has 0 fully saturated rings. The first kappa shape index (κ1) is 13.4. The van der Waals surface area contributed by atoms with Crippen molar-refractivity contribution in [2.75, 3.05) is 12.3 Å². The largest absolute Gasteiger partial charge is 0.489 e. The fraction of sp³-hybridized carbons (Fsp3) is 0.357. The van der Waals surface area contributed by atoms with Gasteiger partial charge in [0.2, 0.25) is 0 Å². The molecule has 2 aromatic rings. The molecule has 19 heavy (non-hydrogen) atoms. The maximum atomic E-state index is 9.98. The number of imidazole rings is 1. The minimum absolute atomic E-state index is 0.204. The van der Waals surface area contributed by atoms with Crippen molar-refractivity contribution in [3.8, 4) is 5.75 Å². The summed E-state index contributed by atoms with van der Waals surface area (Å²) in [6.07, 6.45) is 3.84. The lowest BCUT2D eigenvalue weighted by atomic mass is 10.3. The van der Waals surface area contributed by atoms with E-state index in [-0.39, 0.29) is 6.61 Å². The van der Waals surface area contributed by atoms with Crippen molar-refractivity contribution in [2.24, 2.45) is 0 Å². The minimum Gasteiger partial charge on any atom is -0.489 e. The van der Waals surface area contributed by atoms with E-state index in [9.17, 15) is 5.11 Å². The Balaban J connectivity index is 1.88. The predicted octanol–water partition coefficient (Wildman–Crippen LogP) is 1.47. The summed E-state index contributed by atoms with van der Waals surface area (Å²) in [5, 5.41) is 9.98. The first-order valence-electron chi connectivity index (χ1n) is 6.36. The van der Waals surface area contributed by atoms with Gasteiger partial charge in [0.05, 0.1) is 12.2 Å². The number of benzene rings is 1. The van der Waals surface area contributed by atoms with Crippen LogP contribution in [0.1, 0.15) is 12.7 Å². The van der Waals surface area contributed by atoms with Gasteiger partial charge in [0.25, 0.3) is 0 Å². The standard InChI is InChI=1S/C14H19N3O2/c1-2-14-16-7-8-17(14)9-11(18)10-19-13-6-4-3-5-12(13)15/h3-8,11,18H,2,9-10,15H2,1H3. The molecule has 5 heteroatoms. The van der Waals surface area contributed by atoms with Crippen LogP contribution in [0.5, 0.6) is 5.75 Å². The topological polar surface area (TPSA) is 73.3 Å². The van der Waals surface area contributed by atoms with Crippen LogP contribution in [0.3, 0.4) is 0 Å². The Morgan fingerprint density at radius 1 is 1.42 bits per heavy atom. The molecule has 0 radical (unpaired) electrons. The second-order valence-corrected chi connectivity index (χ2v) is 4.35. The molecule has 1 aromatic heterocycles. The summed E-state index contributed by atoms with van der Waals surface area (Å²) in [5.41, 5.74) is 6.34. The number of nitrogens with zero attached hydrogens (tertiary/aromatic N) is 2. The number of nitrogen functional groups attached to an aromatic ring is 1. The van der Waals surface area contributed by atoms with Gasteiger partial charge in [0.1, 0.15) is 24.3 Å². The van der Waals surface area contributed by atoms with Gasteiger partial charge < -0.3 is 20.1 Å². The predicted molar refractivity (Wildman–Crippen MR) is 74.0 cm³/mol. The molecule has 102 valence electrons. The van der Waals surface area contributed by atoms with Crippen molar-refractivity contribution in [1.82, 2.24) is 9.55 Å². The van der Waals surface area contributed by atoms with Gasteiger partial charge in [-0.3, -0.25) is 0 Å². The number of aliphatic hydroxyl groups excluding tert-OH is 1. The van der Waals surface area contributed by atoms with Gasteiger partial charge in [-0.15, -0.1) is 0 Å². The van der Waals surface area contributed by atoms with E-state index in [0.29, 0.717) is 18.0 Å². The normalized spacial score (nSPS) is 12.3. The monoisotopic (exact) mass is 261 g/mol.